The van der Waals surface area contributed by atoms with Gasteiger partial charge < -0.3 is 20.1 Å². The highest BCUT2D eigenvalue weighted by Gasteiger charge is 2.36. The van der Waals surface area contributed by atoms with Gasteiger partial charge in [-0.15, -0.1) is 0 Å². The lowest BCUT2D eigenvalue weighted by atomic mass is 9.83. The fourth-order valence-electron chi connectivity index (χ4n) is 4.22. The Bertz CT molecular complexity index is 1010. The van der Waals surface area contributed by atoms with Crippen LogP contribution in [0.2, 0.25) is 0 Å². The minimum absolute atomic E-state index is 0.00209. The zero-order chi connectivity index (χ0) is 20.5. The van der Waals surface area contributed by atoms with Gasteiger partial charge in [-0.2, -0.15) is 0 Å². The number of carbonyl (C=O) groups is 2. The molecule has 7 nitrogen and oxygen atoms in total. The molecule has 3 heterocycles. The number of hydrogen-bond acceptors (Lipinski definition) is 3. The summed E-state index contributed by atoms with van der Waals surface area (Å²) in [6, 6.07) is 9.78. The van der Waals surface area contributed by atoms with Crippen LogP contribution in [0, 0.1) is 11.7 Å². The van der Waals surface area contributed by atoms with Crippen molar-refractivity contribution in [2.45, 2.75) is 31.8 Å². The number of urea groups is 1. The Labute approximate surface area is 167 Å². The SMILES string of the molecule is C[C@H](NC(=O)N1C[C@H]2C[C@@H](C1)c1cccc(=O)n1C2)C(=O)Nc1cccc(F)c1. The topological polar surface area (TPSA) is 83.4 Å². The van der Waals surface area contributed by atoms with Crippen molar-refractivity contribution >= 4 is 17.6 Å². The van der Waals surface area contributed by atoms with Crippen molar-refractivity contribution in [3.8, 4) is 0 Å². The number of nitrogens with one attached hydrogen (secondary N) is 2. The predicted octanol–water partition coefficient (Wildman–Crippen LogP) is 2.14. The molecule has 3 amide bonds. The summed E-state index contributed by atoms with van der Waals surface area (Å²) >= 11 is 0. The maximum Gasteiger partial charge on any atom is 0.318 e. The quantitative estimate of drug-likeness (QED) is 0.831. The average Bonchev–Trinajstić information content (AvgIpc) is 2.68. The van der Waals surface area contributed by atoms with Crippen molar-refractivity contribution in [2.24, 2.45) is 5.92 Å². The Kier molecular flexibility index (Phi) is 5.08. The van der Waals surface area contributed by atoms with Gasteiger partial charge in [-0.05, 0) is 43.5 Å². The molecular weight excluding hydrogens is 375 g/mol. The number of halogens is 1. The first-order valence-corrected chi connectivity index (χ1v) is 9.72. The summed E-state index contributed by atoms with van der Waals surface area (Å²) in [5, 5.41) is 5.32. The van der Waals surface area contributed by atoms with Crippen LogP contribution < -0.4 is 16.2 Å². The summed E-state index contributed by atoms with van der Waals surface area (Å²) in [5.74, 6) is -0.543. The van der Waals surface area contributed by atoms with Crippen LogP contribution in [-0.4, -0.2) is 40.5 Å². The molecule has 1 saturated heterocycles. The van der Waals surface area contributed by atoms with E-state index in [1.54, 1.807) is 30.0 Å². The van der Waals surface area contributed by atoms with Gasteiger partial charge in [0.15, 0.2) is 0 Å². The number of pyridine rings is 1. The molecule has 1 fully saturated rings. The Morgan fingerprint density at radius 3 is 2.72 bits per heavy atom. The molecule has 0 radical (unpaired) electrons. The number of benzene rings is 1. The van der Waals surface area contributed by atoms with Crippen LogP contribution in [-0.2, 0) is 11.3 Å². The fraction of sp³-hybridized carbons (Fsp3) is 0.381. The third-order valence-corrected chi connectivity index (χ3v) is 5.59. The summed E-state index contributed by atoms with van der Waals surface area (Å²) < 4.78 is 15.1. The van der Waals surface area contributed by atoms with Crippen LogP contribution in [0.15, 0.2) is 47.3 Å². The van der Waals surface area contributed by atoms with Gasteiger partial charge in [0.2, 0.25) is 5.91 Å². The van der Waals surface area contributed by atoms with Gasteiger partial charge in [-0.3, -0.25) is 9.59 Å². The first-order valence-electron chi connectivity index (χ1n) is 9.72. The summed E-state index contributed by atoms with van der Waals surface area (Å²) in [6.07, 6.45) is 0.947. The Morgan fingerprint density at radius 1 is 1.14 bits per heavy atom. The highest BCUT2D eigenvalue weighted by atomic mass is 19.1. The van der Waals surface area contributed by atoms with Crippen LogP contribution in [0.3, 0.4) is 0 Å². The minimum Gasteiger partial charge on any atom is -0.326 e. The standard InChI is InChI=1S/C21H23FN4O3/c1-13(20(28)24-17-5-2-4-16(22)9-17)23-21(29)25-10-14-8-15(12-25)18-6-3-7-19(27)26(18)11-14/h2-7,9,13-15H,8,10-12H2,1H3,(H,23,29)(H,24,28)/t13-,14+,15-/m0/s1. The molecule has 1 aromatic heterocycles. The van der Waals surface area contributed by atoms with Crippen LogP contribution in [0.5, 0.6) is 0 Å². The molecule has 2 bridgehead atoms. The molecule has 2 aromatic rings. The number of carbonyl (C=O) groups excluding carboxylic acids is 2. The number of nitrogens with zero attached hydrogens (tertiary/aromatic N) is 2. The molecular formula is C21H23FN4O3. The average molecular weight is 398 g/mol. The summed E-state index contributed by atoms with van der Waals surface area (Å²) in [7, 11) is 0. The normalized spacial score (nSPS) is 21.1. The maximum atomic E-state index is 13.3. The van der Waals surface area contributed by atoms with Gasteiger partial charge >= 0.3 is 6.03 Å². The second kappa shape index (κ2) is 7.69. The van der Waals surface area contributed by atoms with Crippen LogP contribution in [0.4, 0.5) is 14.9 Å². The molecule has 0 aliphatic carbocycles. The Morgan fingerprint density at radius 2 is 1.93 bits per heavy atom. The molecule has 0 saturated carbocycles. The predicted molar refractivity (Wildman–Crippen MR) is 106 cm³/mol. The van der Waals surface area contributed by atoms with Crippen LogP contribution >= 0.6 is 0 Å². The maximum absolute atomic E-state index is 13.3. The van der Waals surface area contributed by atoms with Gasteiger partial charge in [-0.1, -0.05) is 12.1 Å². The number of fused-ring (bicyclic) bond motifs is 4. The molecule has 2 aliphatic rings. The van der Waals surface area contributed by atoms with Crippen molar-refractivity contribution in [1.29, 1.82) is 0 Å². The van der Waals surface area contributed by atoms with E-state index in [2.05, 4.69) is 10.6 Å². The van der Waals surface area contributed by atoms with Gasteiger partial charge in [-0.25, -0.2) is 9.18 Å². The second-order valence-electron chi connectivity index (χ2n) is 7.77. The lowest BCUT2D eigenvalue weighted by Crippen LogP contribution is -2.54. The summed E-state index contributed by atoms with van der Waals surface area (Å²) in [6.45, 7) is 3.24. The van der Waals surface area contributed by atoms with Crippen molar-refractivity contribution in [2.75, 3.05) is 18.4 Å². The second-order valence-corrected chi connectivity index (χ2v) is 7.77. The van der Waals surface area contributed by atoms with Crippen molar-refractivity contribution in [3.05, 3.63) is 64.3 Å². The van der Waals surface area contributed by atoms with Gasteiger partial charge in [0.25, 0.3) is 5.56 Å². The van der Waals surface area contributed by atoms with Crippen molar-refractivity contribution < 1.29 is 14.0 Å². The van der Waals surface area contributed by atoms with E-state index in [0.29, 0.717) is 25.3 Å². The van der Waals surface area contributed by atoms with E-state index in [0.717, 1.165) is 12.1 Å². The zero-order valence-corrected chi connectivity index (χ0v) is 16.1. The molecule has 4 rings (SSSR count). The molecule has 152 valence electrons. The minimum atomic E-state index is -0.776. The number of anilines is 1. The number of likely N-dealkylation sites (tertiary alicyclic amines) is 1. The number of aromatic nitrogens is 1. The highest BCUT2D eigenvalue weighted by molar-refractivity contribution is 5.96. The van der Waals surface area contributed by atoms with E-state index in [1.807, 2.05) is 10.6 Å². The molecule has 1 aromatic carbocycles. The molecule has 2 N–H and O–H groups in total. The van der Waals surface area contributed by atoms with E-state index >= 15 is 0 Å². The number of hydrogen-bond donors (Lipinski definition) is 2. The largest absolute Gasteiger partial charge is 0.326 e. The molecule has 0 spiro atoms. The Hall–Kier alpha value is -3.16. The molecule has 0 unspecified atom stereocenters. The van der Waals surface area contributed by atoms with Crippen LogP contribution in [0.1, 0.15) is 25.0 Å². The smallest absolute Gasteiger partial charge is 0.318 e. The lowest BCUT2D eigenvalue weighted by molar-refractivity contribution is -0.117. The monoisotopic (exact) mass is 398 g/mol. The third-order valence-electron chi connectivity index (χ3n) is 5.59. The first kappa shape index (κ1) is 19.2. The fourth-order valence-corrected chi connectivity index (χ4v) is 4.22. The third kappa shape index (κ3) is 4.01. The summed E-state index contributed by atoms with van der Waals surface area (Å²) in [5.41, 5.74) is 1.30. The number of rotatable bonds is 3. The zero-order valence-electron chi connectivity index (χ0n) is 16.1. The first-order chi connectivity index (χ1) is 13.9. The number of piperidine rings is 1. The van der Waals surface area contributed by atoms with Crippen LogP contribution in [0.25, 0.3) is 0 Å². The van der Waals surface area contributed by atoms with E-state index in [1.165, 1.54) is 18.2 Å². The van der Waals surface area contributed by atoms with E-state index in [9.17, 15) is 18.8 Å². The molecule has 3 atom stereocenters. The highest BCUT2D eigenvalue weighted by Crippen LogP contribution is 2.34. The molecule has 29 heavy (non-hydrogen) atoms. The number of amides is 3. The Balaban J connectivity index is 1.39. The van der Waals surface area contributed by atoms with E-state index in [4.69, 9.17) is 0 Å². The van der Waals surface area contributed by atoms with Gasteiger partial charge in [0, 0.05) is 43.0 Å². The van der Waals surface area contributed by atoms with E-state index < -0.39 is 17.8 Å². The lowest BCUT2D eigenvalue weighted by Gasteiger charge is -2.42. The van der Waals surface area contributed by atoms with Crippen molar-refractivity contribution in [3.63, 3.8) is 0 Å². The van der Waals surface area contributed by atoms with E-state index in [-0.39, 0.29) is 23.4 Å². The molecule has 8 heteroatoms. The van der Waals surface area contributed by atoms with Crippen molar-refractivity contribution in [1.82, 2.24) is 14.8 Å². The van der Waals surface area contributed by atoms with Gasteiger partial charge in [0.05, 0.1) is 0 Å². The molecule has 2 aliphatic heterocycles. The van der Waals surface area contributed by atoms with Gasteiger partial charge in [0.1, 0.15) is 11.9 Å². The summed E-state index contributed by atoms with van der Waals surface area (Å²) in [4.78, 5) is 38.9.